The number of aliphatic hydroxyl groups excluding tert-OH is 1. The van der Waals surface area contributed by atoms with Crippen LogP contribution in [0, 0.1) is 0 Å². The van der Waals surface area contributed by atoms with Gasteiger partial charge in [-0.05, 0) is 0 Å². The first-order valence-electron chi connectivity index (χ1n) is 4.68. The molecule has 0 saturated heterocycles. The minimum atomic E-state index is -3.80. The Kier molecular flexibility index (Phi) is 2.86. The number of hydrogen-bond donors (Lipinski definition) is 3. The van der Waals surface area contributed by atoms with E-state index in [1.54, 1.807) is 13.2 Å². The largest absolute Gasteiger partial charge is 0.392 e. The first-order chi connectivity index (χ1) is 8.03. The van der Waals surface area contributed by atoms with Crippen LogP contribution in [0.5, 0.6) is 0 Å². The molecule has 17 heavy (non-hydrogen) atoms. The van der Waals surface area contributed by atoms with E-state index in [0.29, 0.717) is 0 Å². The van der Waals surface area contributed by atoms with E-state index in [2.05, 4.69) is 20.0 Å². The highest BCUT2D eigenvalue weighted by Crippen LogP contribution is 2.15. The van der Waals surface area contributed by atoms with E-state index in [4.69, 9.17) is 5.11 Å². The lowest BCUT2D eigenvalue weighted by atomic mass is 10.4. The highest BCUT2D eigenvalue weighted by Gasteiger charge is 2.21. The number of aliphatic hydroxyl groups is 1. The molecule has 0 aliphatic heterocycles. The van der Waals surface area contributed by atoms with Crippen LogP contribution in [-0.2, 0) is 23.7 Å². The van der Waals surface area contributed by atoms with E-state index in [9.17, 15) is 8.42 Å². The van der Waals surface area contributed by atoms with Crippen molar-refractivity contribution >= 4 is 15.8 Å². The second-order valence-electron chi connectivity index (χ2n) is 3.36. The van der Waals surface area contributed by atoms with Gasteiger partial charge in [0.1, 0.15) is 0 Å². The predicted octanol–water partition coefficient (Wildman–Crippen LogP) is -0.564. The zero-order valence-corrected chi connectivity index (χ0v) is 9.77. The molecule has 8 nitrogen and oxygen atoms in total. The maximum absolute atomic E-state index is 11.9. The Morgan fingerprint density at radius 3 is 2.94 bits per heavy atom. The van der Waals surface area contributed by atoms with E-state index in [1.807, 2.05) is 0 Å². The van der Waals surface area contributed by atoms with Gasteiger partial charge in [0.2, 0.25) is 0 Å². The normalized spacial score (nSPS) is 11.6. The molecule has 0 aromatic carbocycles. The predicted molar refractivity (Wildman–Crippen MR) is 58.5 cm³/mol. The summed E-state index contributed by atoms with van der Waals surface area (Å²) in [5.74, 6) is 0.200. The van der Waals surface area contributed by atoms with Gasteiger partial charge in [0.15, 0.2) is 10.8 Å². The van der Waals surface area contributed by atoms with Crippen LogP contribution < -0.4 is 4.72 Å². The molecule has 3 N–H and O–H groups in total. The van der Waals surface area contributed by atoms with Gasteiger partial charge in [-0.25, -0.2) is 0 Å². The number of nitrogens with zero attached hydrogens (tertiary/aromatic N) is 3. The fourth-order valence-corrected chi connectivity index (χ4v) is 2.42. The smallest absolute Gasteiger partial charge is 0.280 e. The summed E-state index contributed by atoms with van der Waals surface area (Å²) in [6, 6.07) is 1.52. The number of nitrogens with one attached hydrogen (secondary N) is 2. The van der Waals surface area contributed by atoms with Crippen molar-refractivity contribution in [2.24, 2.45) is 7.05 Å². The van der Waals surface area contributed by atoms with Crippen LogP contribution in [0.2, 0.25) is 0 Å². The minimum Gasteiger partial charge on any atom is -0.392 e. The van der Waals surface area contributed by atoms with E-state index >= 15 is 0 Å². The van der Waals surface area contributed by atoms with Crippen LogP contribution >= 0.6 is 0 Å². The maximum atomic E-state index is 11.9. The number of aryl methyl sites for hydroxylation is 1. The van der Waals surface area contributed by atoms with Gasteiger partial charge in [0.25, 0.3) is 10.0 Å². The highest BCUT2D eigenvalue weighted by molar-refractivity contribution is 7.92. The number of hydrogen-bond acceptors (Lipinski definition) is 5. The van der Waals surface area contributed by atoms with Crippen molar-refractivity contribution in [1.29, 1.82) is 0 Å². The molecule has 0 atom stereocenters. The summed E-state index contributed by atoms with van der Waals surface area (Å²) >= 11 is 0. The van der Waals surface area contributed by atoms with Crippen molar-refractivity contribution in [3.63, 3.8) is 0 Å². The SMILES string of the molecule is Cn1ccc(NS(=O)(=O)c2[nH]ncc2CO)n1. The Labute approximate surface area is 97.3 Å². The van der Waals surface area contributed by atoms with Crippen molar-refractivity contribution in [1.82, 2.24) is 20.0 Å². The van der Waals surface area contributed by atoms with Crippen molar-refractivity contribution < 1.29 is 13.5 Å². The van der Waals surface area contributed by atoms with Gasteiger partial charge < -0.3 is 5.11 Å². The van der Waals surface area contributed by atoms with E-state index in [1.165, 1.54) is 16.9 Å². The molecule has 0 bridgehead atoms. The molecule has 0 aliphatic rings. The first kappa shape index (κ1) is 11.6. The molecule has 0 amide bonds. The summed E-state index contributed by atoms with van der Waals surface area (Å²) in [7, 11) is -2.13. The summed E-state index contributed by atoms with van der Waals surface area (Å²) in [5, 5.41) is 18.6. The number of sulfonamides is 1. The average Bonchev–Trinajstić information content (AvgIpc) is 2.86. The summed E-state index contributed by atoms with van der Waals surface area (Å²) in [4.78, 5) is 0. The molecule has 0 aliphatic carbocycles. The second kappa shape index (κ2) is 4.18. The molecule has 2 aromatic rings. The highest BCUT2D eigenvalue weighted by atomic mass is 32.2. The summed E-state index contributed by atoms with van der Waals surface area (Å²) in [5.41, 5.74) is 0.202. The van der Waals surface area contributed by atoms with Crippen LogP contribution in [0.1, 0.15) is 5.56 Å². The Morgan fingerprint density at radius 1 is 1.59 bits per heavy atom. The van der Waals surface area contributed by atoms with E-state index < -0.39 is 16.6 Å². The van der Waals surface area contributed by atoms with Gasteiger partial charge in [-0.3, -0.25) is 14.5 Å². The molecule has 2 aromatic heterocycles. The molecule has 0 fully saturated rings. The fourth-order valence-electron chi connectivity index (χ4n) is 1.30. The van der Waals surface area contributed by atoms with Crippen molar-refractivity contribution in [2.45, 2.75) is 11.6 Å². The molecule has 0 unspecified atom stereocenters. The maximum Gasteiger partial charge on any atom is 0.280 e. The number of anilines is 1. The van der Waals surface area contributed by atoms with Crippen LogP contribution in [-0.4, -0.2) is 33.5 Å². The molecule has 92 valence electrons. The van der Waals surface area contributed by atoms with Gasteiger partial charge in [0, 0.05) is 24.9 Å². The Balaban J connectivity index is 2.31. The Hall–Kier alpha value is -1.87. The molecule has 0 radical (unpaired) electrons. The van der Waals surface area contributed by atoms with Gasteiger partial charge in [0.05, 0.1) is 12.8 Å². The van der Waals surface area contributed by atoms with Crippen molar-refractivity contribution in [3.05, 3.63) is 24.0 Å². The molecule has 2 rings (SSSR count). The van der Waals surface area contributed by atoms with Crippen LogP contribution in [0.3, 0.4) is 0 Å². The van der Waals surface area contributed by atoms with Gasteiger partial charge in [-0.1, -0.05) is 0 Å². The third-order valence-corrected chi connectivity index (χ3v) is 3.44. The monoisotopic (exact) mass is 257 g/mol. The molecular weight excluding hydrogens is 246 g/mol. The summed E-state index contributed by atoms with van der Waals surface area (Å²) in [6.07, 6.45) is 2.87. The minimum absolute atomic E-state index is 0.161. The van der Waals surface area contributed by atoms with Crippen molar-refractivity contribution in [2.75, 3.05) is 4.72 Å². The molecule has 0 spiro atoms. The van der Waals surface area contributed by atoms with Crippen LogP contribution in [0.4, 0.5) is 5.82 Å². The summed E-state index contributed by atoms with van der Waals surface area (Å²) in [6.45, 7) is -0.408. The topological polar surface area (TPSA) is 113 Å². The Bertz CT molecular complexity index is 615. The fraction of sp³-hybridized carbons (Fsp3) is 0.250. The lowest BCUT2D eigenvalue weighted by Gasteiger charge is -2.04. The Morgan fingerprint density at radius 2 is 2.35 bits per heavy atom. The number of aromatic amines is 1. The van der Waals surface area contributed by atoms with E-state index in [0.717, 1.165) is 0 Å². The third kappa shape index (κ3) is 2.29. The van der Waals surface area contributed by atoms with Gasteiger partial charge in [-0.2, -0.15) is 18.6 Å². The van der Waals surface area contributed by atoms with Gasteiger partial charge >= 0.3 is 0 Å². The zero-order valence-electron chi connectivity index (χ0n) is 8.95. The lowest BCUT2D eigenvalue weighted by molar-refractivity contribution is 0.278. The van der Waals surface area contributed by atoms with Crippen LogP contribution in [0.25, 0.3) is 0 Å². The van der Waals surface area contributed by atoms with E-state index in [-0.39, 0.29) is 16.4 Å². The lowest BCUT2D eigenvalue weighted by Crippen LogP contribution is -2.15. The third-order valence-electron chi connectivity index (χ3n) is 2.07. The zero-order chi connectivity index (χ0) is 12.5. The molecule has 9 heteroatoms. The first-order valence-corrected chi connectivity index (χ1v) is 6.17. The summed E-state index contributed by atoms with van der Waals surface area (Å²) < 4.78 is 27.6. The standard InChI is InChI=1S/C8H11N5O3S/c1-13-3-2-7(11-13)12-17(15,16)8-6(5-14)4-9-10-8/h2-4,14H,5H2,1H3,(H,9,10)(H,11,12). The molecule has 0 saturated carbocycles. The molecular formula is C8H11N5O3S. The second-order valence-corrected chi connectivity index (χ2v) is 4.98. The van der Waals surface area contributed by atoms with Crippen LogP contribution in [0.15, 0.2) is 23.5 Å². The average molecular weight is 257 g/mol. The van der Waals surface area contributed by atoms with Gasteiger partial charge in [-0.15, -0.1) is 0 Å². The molecule has 2 heterocycles. The number of H-pyrrole nitrogens is 1. The number of aromatic nitrogens is 4. The number of rotatable bonds is 4. The van der Waals surface area contributed by atoms with Crippen molar-refractivity contribution in [3.8, 4) is 0 Å². The quantitative estimate of drug-likeness (QED) is 0.679.